The molecule has 0 aliphatic heterocycles. The van der Waals surface area contributed by atoms with E-state index in [2.05, 4.69) is 52.5 Å². The zero-order chi connectivity index (χ0) is 18.1. The fourth-order valence-electron chi connectivity index (χ4n) is 2.60. The molecule has 0 N–H and O–H groups in total. The molecule has 0 radical (unpaired) electrons. The molecular formula is C18H33Br3O2Si. The van der Waals surface area contributed by atoms with Crippen LogP contribution in [0.5, 0.6) is 0 Å². The second-order valence-corrected chi connectivity index (χ2v) is 29.8. The third-order valence-electron chi connectivity index (χ3n) is 4.02. The Kier molecular flexibility index (Phi) is 17.9. The minimum absolute atomic E-state index is 0.306. The third-order valence-corrected chi connectivity index (χ3v) is 8.50. The number of carbonyl (C=O) groups is 1. The van der Waals surface area contributed by atoms with Crippen molar-refractivity contribution in [2.24, 2.45) is 0 Å². The fraction of sp³-hybridized carbons (Fsp3) is 0.833. The highest BCUT2D eigenvalue weighted by Gasteiger charge is 2.20. The Labute approximate surface area is 173 Å². The number of unbranched alkanes of at least 4 members (excludes halogenated alkanes) is 12. The summed E-state index contributed by atoms with van der Waals surface area (Å²) in [5.41, 5.74) is 0. The number of hydrogen-bond acceptors (Lipinski definition) is 2. The van der Waals surface area contributed by atoms with Crippen LogP contribution in [0.15, 0.2) is 12.7 Å². The molecule has 24 heavy (non-hydrogen) atoms. The molecule has 0 aliphatic carbocycles. The van der Waals surface area contributed by atoms with E-state index in [4.69, 9.17) is 4.74 Å². The maximum absolute atomic E-state index is 10.8. The van der Waals surface area contributed by atoms with E-state index in [1.165, 1.54) is 82.7 Å². The second kappa shape index (κ2) is 17.3. The first kappa shape index (κ1) is 24.9. The van der Waals surface area contributed by atoms with E-state index in [0.29, 0.717) is 6.61 Å². The van der Waals surface area contributed by atoms with Crippen molar-refractivity contribution < 1.29 is 9.53 Å². The molecule has 0 aromatic rings. The lowest BCUT2D eigenvalue weighted by Gasteiger charge is -2.08. The summed E-state index contributed by atoms with van der Waals surface area (Å²) in [5.74, 6) is -0.306. The first-order valence-electron chi connectivity index (χ1n) is 9.31. The maximum Gasteiger partial charge on any atom is 0.330 e. The van der Waals surface area contributed by atoms with Crippen molar-refractivity contribution in [2.45, 2.75) is 89.5 Å². The van der Waals surface area contributed by atoms with Crippen molar-refractivity contribution in [1.82, 2.24) is 0 Å². The first-order chi connectivity index (χ1) is 11.5. The molecule has 0 aromatic heterocycles. The first-order valence-corrected chi connectivity index (χ1v) is 18.3. The van der Waals surface area contributed by atoms with Gasteiger partial charge in [0.25, 0.3) is 3.93 Å². The monoisotopic (exact) mass is 546 g/mol. The Morgan fingerprint density at radius 1 is 0.750 bits per heavy atom. The van der Waals surface area contributed by atoms with Gasteiger partial charge in [0.1, 0.15) is 0 Å². The normalized spacial score (nSPS) is 11.5. The number of ether oxygens (including phenoxy) is 1. The van der Waals surface area contributed by atoms with Gasteiger partial charge in [-0.3, -0.25) is 0 Å². The van der Waals surface area contributed by atoms with Crippen LogP contribution in [-0.4, -0.2) is 16.5 Å². The smallest absolute Gasteiger partial charge is 0.330 e. The zero-order valence-electron chi connectivity index (χ0n) is 14.8. The van der Waals surface area contributed by atoms with Gasteiger partial charge in [-0.05, 0) is 12.5 Å². The number of esters is 1. The summed E-state index contributed by atoms with van der Waals surface area (Å²) in [6, 6.07) is 1.25. The van der Waals surface area contributed by atoms with Crippen LogP contribution >= 0.6 is 45.9 Å². The second-order valence-electron chi connectivity index (χ2n) is 6.33. The summed E-state index contributed by atoms with van der Waals surface area (Å²) in [5, 5.41) is 0. The van der Waals surface area contributed by atoms with Crippen molar-refractivity contribution in [3.8, 4) is 0 Å². The topological polar surface area (TPSA) is 26.3 Å². The molecule has 2 nitrogen and oxygen atoms in total. The van der Waals surface area contributed by atoms with Crippen LogP contribution in [0.4, 0.5) is 0 Å². The van der Waals surface area contributed by atoms with Gasteiger partial charge in [-0.2, -0.15) is 0 Å². The average Bonchev–Trinajstić information content (AvgIpc) is 2.53. The van der Waals surface area contributed by atoms with E-state index in [9.17, 15) is 4.79 Å². The van der Waals surface area contributed by atoms with Crippen molar-refractivity contribution in [3.63, 3.8) is 0 Å². The Morgan fingerprint density at radius 2 is 1.12 bits per heavy atom. The standard InChI is InChI=1S/C18H33Br3O2Si/c1-2-18(22)23-16-14-12-10-8-6-4-3-5-7-9-11-13-15-17-24(19,20)21/h2H,1,3-17H2. The zero-order valence-corrected chi connectivity index (χ0v) is 20.6. The molecule has 0 rings (SSSR count). The quantitative estimate of drug-likeness (QED) is 0.0606. The molecule has 0 saturated carbocycles. The van der Waals surface area contributed by atoms with Gasteiger partial charge in [0.05, 0.1) is 6.61 Å². The minimum atomic E-state index is -1.36. The van der Waals surface area contributed by atoms with Crippen LogP contribution in [-0.2, 0) is 9.53 Å². The van der Waals surface area contributed by atoms with Gasteiger partial charge in [-0.1, -0.05) is 130 Å². The van der Waals surface area contributed by atoms with Crippen molar-refractivity contribution >= 4 is 55.8 Å². The van der Waals surface area contributed by atoms with Crippen molar-refractivity contribution in [1.29, 1.82) is 0 Å². The summed E-state index contributed by atoms with van der Waals surface area (Å²) in [6.07, 6.45) is 18.3. The minimum Gasteiger partial charge on any atom is -0.463 e. The van der Waals surface area contributed by atoms with Crippen LogP contribution in [0.25, 0.3) is 0 Å². The molecule has 142 valence electrons. The summed E-state index contributed by atoms with van der Waals surface area (Å²) >= 11 is 11.0. The van der Waals surface area contributed by atoms with Crippen molar-refractivity contribution in [3.05, 3.63) is 12.7 Å². The molecule has 0 spiro atoms. The van der Waals surface area contributed by atoms with Gasteiger partial charge >= 0.3 is 5.97 Å². The summed E-state index contributed by atoms with van der Waals surface area (Å²) in [6.45, 7) is 3.92. The molecule has 0 amide bonds. The fourth-order valence-corrected chi connectivity index (χ4v) is 5.78. The lowest BCUT2D eigenvalue weighted by molar-refractivity contribution is -0.137. The lowest BCUT2D eigenvalue weighted by Crippen LogP contribution is -2.04. The molecule has 0 atom stereocenters. The summed E-state index contributed by atoms with van der Waals surface area (Å²) in [4.78, 5) is 10.8. The Morgan fingerprint density at radius 3 is 1.50 bits per heavy atom. The molecule has 0 bridgehead atoms. The molecule has 0 fully saturated rings. The van der Waals surface area contributed by atoms with E-state index < -0.39 is 3.93 Å². The molecule has 0 heterocycles. The van der Waals surface area contributed by atoms with Gasteiger partial charge < -0.3 is 4.74 Å². The lowest BCUT2D eigenvalue weighted by atomic mass is 10.0. The molecule has 0 aromatic carbocycles. The maximum atomic E-state index is 10.8. The van der Waals surface area contributed by atoms with Crippen LogP contribution in [0, 0.1) is 0 Å². The van der Waals surface area contributed by atoms with E-state index >= 15 is 0 Å². The van der Waals surface area contributed by atoms with Gasteiger partial charge in [0, 0.05) is 6.08 Å². The van der Waals surface area contributed by atoms with Crippen LogP contribution < -0.4 is 0 Å². The molecule has 0 unspecified atom stereocenters. The highest BCUT2D eigenvalue weighted by atomic mass is 80.0. The van der Waals surface area contributed by atoms with E-state index in [-0.39, 0.29) is 5.97 Å². The van der Waals surface area contributed by atoms with Gasteiger partial charge in [-0.15, -0.1) is 0 Å². The SMILES string of the molecule is C=CC(=O)OCCCCCCCCCCCCCCC[Si](Br)(Br)Br. The third kappa shape index (κ3) is 20.9. The Hall–Kier alpha value is 0.867. The Balaban J connectivity index is 3.08. The van der Waals surface area contributed by atoms with Crippen LogP contribution in [0.2, 0.25) is 6.04 Å². The molecule has 0 aliphatic rings. The van der Waals surface area contributed by atoms with Gasteiger partial charge in [-0.25, -0.2) is 4.79 Å². The number of rotatable bonds is 17. The number of halogens is 3. The van der Waals surface area contributed by atoms with Gasteiger partial charge in [0.15, 0.2) is 0 Å². The van der Waals surface area contributed by atoms with E-state index in [0.717, 1.165) is 12.8 Å². The number of carbonyl (C=O) groups excluding carboxylic acids is 1. The van der Waals surface area contributed by atoms with E-state index in [1.807, 2.05) is 0 Å². The molecule has 6 heteroatoms. The van der Waals surface area contributed by atoms with Gasteiger partial charge in [0.2, 0.25) is 0 Å². The average molecular weight is 549 g/mol. The van der Waals surface area contributed by atoms with Crippen LogP contribution in [0.1, 0.15) is 83.5 Å². The Bertz CT molecular complexity index is 320. The highest BCUT2D eigenvalue weighted by molar-refractivity contribution is 9.72. The van der Waals surface area contributed by atoms with E-state index in [1.54, 1.807) is 0 Å². The molecule has 0 saturated heterocycles. The predicted molar refractivity (Wildman–Crippen MR) is 119 cm³/mol. The van der Waals surface area contributed by atoms with Crippen molar-refractivity contribution in [2.75, 3.05) is 6.61 Å². The number of hydrogen-bond donors (Lipinski definition) is 0. The molecular weight excluding hydrogens is 516 g/mol. The highest BCUT2D eigenvalue weighted by Crippen LogP contribution is 2.33. The predicted octanol–water partition coefficient (Wildman–Crippen LogP) is 7.91. The van der Waals surface area contributed by atoms with Crippen LogP contribution in [0.3, 0.4) is 0 Å². The summed E-state index contributed by atoms with van der Waals surface area (Å²) in [7, 11) is 0. The summed E-state index contributed by atoms with van der Waals surface area (Å²) < 4.78 is 3.60. The largest absolute Gasteiger partial charge is 0.463 e.